The van der Waals surface area contributed by atoms with E-state index in [-0.39, 0.29) is 23.6 Å². The Morgan fingerprint density at radius 3 is 2.63 bits per heavy atom. The van der Waals surface area contributed by atoms with E-state index in [4.69, 9.17) is 16.8 Å². The predicted octanol–water partition coefficient (Wildman–Crippen LogP) is 3.70. The van der Waals surface area contributed by atoms with Crippen LogP contribution in [0.5, 0.6) is 0 Å². The number of hydrogen-bond acceptors (Lipinski definition) is 7. The second kappa shape index (κ2) is 10.2. The molecule has 9 nitrogen and oxygen atoms in total. The molecule has 6 heterocycles. The van der Waals surface area contributed by atoms with Crippen LogP contribution in [0.15, 0.2) is 61.2 Å². The fourth-order valence-electron chi connectivity index (χ4n) is 5.72. The summed E-state index contributed by atoms with van der Waals surface area (Å²) in [6.45, 7) is 1.27. The van der Waals surface area contributed by atoms with Gasteiger partial charge in [-0.05, 0) is 42.8 Å². The van der Waals surface area contributed by atoms with Crippen molar-refractivity contribution >= 4 is 29.0 Å². The molecule has 2 atom stereocenters. The Balaban J connectivity index is 1.25. The summed E-state index contributed by atoms with van der Waals surface area (Å²) in [6.07, 6.45) is 14.4. The fraction of sp³-hybridized carbons (Fsp3) is 0.194. The molecule has 0 radical (unpaired) electrons. The van der Waals surface area contributed by atoms with Crippen molar-refractivity contribution in [3.8, 4) is 29.5 Å². The van der Waals surface area contributed by atoms with Crippen LogP contribution in [-0.4, -0.2) is 63.8 Å². The van der Waals surface area contributed by atoms with E-state index in [1.54, 1.807) is 30.2 Å². The van der Waals surface area contributed by atoms with Gasteiger partial charge in [0.2, 0.25) is 0 Å². The van der Waals surface area contributed by atoms with Crippen molar-refractivity contribution in [1.82, 2.24) is 24.8 Å². The molecule has 7 rings (SSSR count). The molecule has 0 aliphatic carbocycles. The first-order valence-electron chi connectivity index (χ1n) is 13.1. The van der Waals surface area contributed by atoms with Gasteiger partial charge in [-0.1, -0.05) is 5.92 Å². The number of rotatable bonds is 6. The number of hydrogen-bond donors (Lipinski definition) is 2. The van der Waals surface area contributed by atoms with E-state index in [0.29, 0.717) is 35.3 Å². The van der Waals surface area contributed by atoms with Crippen LogP contribution in [0.2, 0.25) is 0 Å². The Hall–Kier alpha value is -5.48. The molecule has 0 spiro atoms. The number of terminal acetylenes is 1. The number of amides is 1. The molecule has 1 aromatic carbocycles. The molecule has 202 valence electrons. The van der Waals surface area contributed by atoms with E-state index in [9.17, 15) is 14.4 Å². The minimum atomic E-state index is -0.511. The SMILES string of the molecule is C#Cc1cc(C(=O)N2C3CC2CN(c2ccc(-c4cc(/C(C=N)=C/NC)cn5ncc(C#N)c45)cn2)C3)ccc1F. The minimum absolute atomic E-state index is 0.0295. The molecular weight excluding hydrogens is 519 g/mol. The van der Waals surface area contributed by atoms with Crippen LogP contribution in [-0.2, 0) is 0 Å². The van der Waals surface area contributed by atoms with E-state index in [1.807, 2.05) is 23.1 Å². The van der Waals surface area contributed by atoms with Crippen LogP contribution in [0.1, 0.15) is 33.5 Å². The van der Waals surface area contributed by atoms with Gasteiger partial charge in [-0.3, -0.25) is 4.79 Å². The molecule has 2 unspecified atom stereocenters. The quantitative estimate of drug-likeness (QED) is 0.283. The summed E-state index contributed by atoms with van der Waals surface area (Å²) in [7, 11) is 1.77. The van der Waals surface area contributed by atoms with Crippen molar-refractivity contribution in [2.24, 2.45) is 0 Å². The number of pyridine rings is 2. The van der Waals surface area contributed by atoms with Crippen LogP contribution < -0.4 is 10.2 Å². The molecule has 2 N–H and O–H groups in total. The maximum atomic E-state index is 13.8. The largest absolute Gasteiger partial charge is 0.393 e. The van der Waals surface area contributed by atoms with Gasteiger partial charge in [0.25, 0.3) is 5.91 Å². The van der Waals surface area contributed by atoms with Crippen LogP contribution >= 0.6 is 0 Å². The summed E-state index contributed by atoms with van der Waals surface area (Å²) in [5, 5.41) is 24.8. The lowest BCUT2D eigenvalue weighted by Crippen LogP contribution is -2.70. The second-order valence-electron chi connectivity index (χ2n) is 10.0. The standard InChI is InChI=1S/C31H25FN8O/c1-3-19-8-20(4-6-28(19)32)31(41)40-25-10-26(40)18-38(17-25)29-7-5-21(14-36-29)27-9-22(23(11-33)13-35-2)16-39-30(27)24(12-34)15-37-39/h1,4-9,11,13-16,25-26,33,35H,10,17-18H2,2H3/b23-13+,33-11?. The van der Waals surface area contributed by atoms with Gasteiger partial charge in [0, 0.05) is 72.8 Å². The predicted molar refractivity (Wildman–Crippen MR) is 154 cm³/mol. The molecule has 3 aromatic heterocycles. The number of nitrogens with one attached hydrogen (secondary N) is 2. The number of carbonyl (C=O) groups is 1. The highest BCUT2D eigenvalue weighted by molar-refractivity contribution is 6.09. The van der Waals surface area contributed by atoms with Crippen LogP contribution in [0.4, 0.5) is 10.2 Å². The molecule has 3 aliphatic rings. The van der Waals surface area contributed by atoms with Gasteiger partial charge < -0.3 is 20.5 Å². The number of allylic oxidation sites excluding steroid dienone is 1. The normalized spacial score (nSPS) is 17.9. The number of halogens is 1. The second-order valence-corrected chi connectivity index (χ2v) is 10.0. The Labute approximate surface area is 236 Å². The van der Waals surface area contributed by atoms with Gasteiger partial charge in [0.1, 0.15) is 17.7 Å². The molecule has 3 saturated heterocycles. The number of carbonyl (C=O) groups excluding carboxylic acids is 1. The molecule has 0 saturated carbocycles. The summed E-state index contributed by atoms with van der Waals surface area (Å²) in [6, 6.07) is 12.3. The molecule has 3 aliphatic heterocycles. The van der Waals surface area contributed by atoms with Gasteiger partial charge >= 0.3 is 0 Å². The zero-order valence-corrected chi connectivity index (χ0v) is 22.2. The average molecular weight is 545 g/mol. The summed E-state index contributed by atoms with van der Waals surface area (Å²) in [5.74, 6) is 2.44. The topological polar surface area (TPSA) is 113 Å². The number of benzene rings is 1. The maximum Gasteiger partial charge on any atom is 0.254 e. The maximum absolute atomic E-state index is 13.8. The number of piperidine rings is 1. The zero-order valence-electron chi connectivity index (χ0n) is 22.2. The Morgan fingerprint density at radius 1 is 1.17 bits per heavy atom. The van der Waals surface area contributed by atoms with E-state index in [1.165, 1.54) is 30.6 Å². The summed E-state index contributed by atoms with van der Waals surface area (Å²) >= 11 is 0. The van der Waals surface area contributed by atoms with Crippen molar-refractivity contribution < 1.29 is 9.18 Å². The lowest BCUT2D eigenvalue weighted by atomic mass is 9.86. The van der Waals surface area contributed by atoms with Crippen LogP contribution in [0.25, 0.3) is 22.2 Å². The third-order valence-electron chi connectivity index (χ3n) is 7.70. The first kappa shape index (κ1) is 25.8. The molecule has 2 bridgehead atoms. The number of anilines is 1. The molecule has 41 heavy (non-hydrogen) atoms. The minimum Gasteiger partial charge on any atom is -0.393 e. The third-order valence-corrected chi connectivity index (χ3v) is 7.70. The number of piperazine rings is 1. The van der Waals surface area contributed by atoms with Crippen molar-refractivity contribution in [3.05, 3.63) is 89.3 Å². The van der Waals surface area contributed by atoms with E-state index in [2.05, 4.69) is 27.3 Å². The third kappa shape index (κ3) is 4.36. The highest BCUT2D eigenvalue weighted by Gasteiger charge is 2.47. The monoisotopic (exact) mass is 544 g/mol. The highest BCUT2D eigenvalue weighted by Crippen LogP contribution is 2.36. The molecule has 1 amide bonds. The van der Waals surface area contributed by atoms with Crippen molar-refractivity contribution in [2.75, 3.05) is 25.0 Å². The van der Waals surface area contributed by atoms with Crippen LogP contribution in [0.3, 0.4) is 0 Å². The highest BCUT2D eigenvalue weighted by atomic mass is 19.1. The van der Waals surface area contributed by atoms with Gasteiger partial charge in [-0.15, -0.1) is 6.42 Å². The molecule has 4 aromatic rings. The number of aromatic nitrogens is 3. The molecule has 3 fully saturated rings. The molecule has 10 heteroatoms. The molecular formula is C31H25FN8O. The summed E-state index contributed by atoms with van der Waals surface area (Å²) in [5.41, 5.74) is 4.62. The number of nitriles is 1. The van der Waals surface area contributed by atoms with E-state index >= 15 is 0 Å². The van der Waals surface area contributed by atoms with E-state index < -0.39 is 5.82 Å². The van der Waals surface area contributed by atoms with Crippen molar-refractivity contribution in [3.63, 3.8) is 0 Å². The summed E-state index contributed by atoms with van der Waals surface area (Å²) < 4.78 is 15.5. The first-order valence-corrected chi connectivity index (χ1v) is 13.1. The first-order chi connectivity index (χ1) is 19.9. The Morgan fingerprint density at radius 2 is 1.98 bits per heavy atom. The lowest BCUT2D eigenvalue weighted by molar-refractivity contribution is 0.00576. The smallest absolute Gasteiger partial charge is 0.254 e. The van der Waals surface area contributed by atoms with Crippen LogP contribution in [0, 0.1) is 34.9 Å². The van der Waals surface area contributed by atoms with Gasteiger partial charge in [-0.25, -0.2) is 13.9 Å². The Bertz CT molecular complexity index is 1800. The average Bonchev–Trinajstić information content (AvgIpc) is 3.43. The number of nitrogens with zero attached hydrogens (tertiary/aromatic N) is 6. The van der Waals surface area contributed by atoms with Gasteiger partial charge in [0.05, 0.1) is 34.9 Å². The fourth-order valence-corrected chi connectivity index (χ4v) is 5.72. The lowest BCUT2D eigenvalue weighted by Gasteiger charge is -2.56. The van der Waals surface area contributed by atoms with Crippen molar-refractivity contribution in [1.29, 1.82) is 10.7 Å². The van der Waals surface area contributed by atoms with Gasteiger partial charge in [-0.2, -0.15) is 10.4 Å². The zero-order chi connectivity index (χ0) is 28.7. The van der Waals surface area contributed by atoms with E-state index in [0.717, 1.165) is 28.9 Å². The number of fused-ring (bicyclic) bond motifs is 3. The van der Waals surface area contributed by atoms with Crippen molar-refractivity contribution in [2.45, 2.75) is 18.5 Å². The Kier molecular flexibility index (Phi) is 6.44. The summed E-state index contributed by atoms with van der Waals surface area (Å²) in [4.78, 5) is 22.0. The van der Waals surface area contributed by atoms with Gasteiger partial charge in [0.15, 0.2) is 0 Å².